The van der Waals surface area contributed by atoms with E-state index in [2.05, 4.69) is 56.9 Å². The quantitative estimate of drug-likeness (QED) is 0.672. The normalized spacial score (nSPS) is 22.6. The molecule has 4 rings (SSSR count). The van der Waals surface area contributed by atoms with Crippen LogP contribution in [0.4, 0.5) is 0 Å². The Kier molecular flexibility index (Phi) is 4.51. The zero-order valence-electron chi connectivity index (χ0n) is 19.4. The lowest BCUT2D eigenvalue weighted by Crippen LogP contribution is -2.41. The Labute approximate surface area is 180 Å². The SMILES string of the molecule is CC1(C)CC(C)(C)c2cc(-c3ncc(B4OC(C)(C)C(C)(C)O4)cc3C#N)ccc21. The summed E-state index contributed by atoms with van der Waals surface area (Å²) in [5, 5.41) is 9.86. The maximum absolute atomic E-state index is 9.86. The summed E-state index contributed by atoms with van der Waals surface area (Å²) in [6.45, 7) is 17.3. The van der Waals surface area contributed by atoms with Crippen LogP contribution in [0.15, 0.2) is 30.5 Å². The van der Waals surface area contributed by atoms with Gasteiger partial charge in [-0.1, -0.05) is 39.8 Å². The molecule has 0 bridgehead atoms. The smallest absolute Gasteiger partial charge is 0.399 e. The molecule has 0 unspecified atom stereocenters. The third kappa shape index (κ3) is 3.18. The molecule has 0 N–H and O–H groups in total. The second-order valence-corrected chi connectivity index (χ2v) is 11.1. The van der Waals surface area contributed by atoms with Crippen LogP contribution in [0.2, 0.25) is 0 Å². The molecule has 0 atom stereocenters. The maximum Gasteiger partial charge on any atom is 0.496 e. The molecule has 0 radical (unpaired) electrons. The molecule has 2 aliphatic rings. The topological polar surface area (TPSA) is 55.1 Å². The van der Waals surface area contributed by atoms with Crippen LogP contribution in [0.25, 0.3) is 11.3 Å². The van der Waals surface area contributed by atoms with E-state index < -0.39 is 18.3 Å². The van der Waals surface area contributed by atoms with Crippen LogP contribution in [0.5, 0.6) is 0 Å². The van der Waals surface area contributed by atoms with Gasteiger partial charge in [0, 0.05) is 17.2 Å². The van der Waals surface area contributed by atoms with Crippen molar-refractivity contribution >= 4 is 12.6 Å². The molecule has 1 saturated heterocycles. The minimum absolute atomic E-state index is 0.101. The van der Waals surface area contributed by atoms with Gasteiger partial charge in [-0.2, -0.15) is 5.26 Å². The third-order valence-corrected chi connectivity index (χ3v) is 7.19. The highest BCUT2D eigenvalue weighted by Crippen LogP contribution is 2.50. The highest BCUT2D eigenvalue weighted by molar-refractivity contribution is 6.62. The molecular weight excluding hydrogens is 371 g/mol. The second kappa shape index (κ2) is 6.42. The van der Waals surface area contributed by atoms with Gasteiger partial charge >= 0.3 is 7.12 Å². The van der Waals surface area contributed by atoms with Gasteiger partial charge in [0.2, 0.25) is 0 Å². The Morgan fingerprint density at radius 2 is 1.50 bits per heavy atom. The van der Waals surface area contributed by atoms with Crippen molar-refractivity contribution in [2.24, 2.45) is 0 Å². The van der Waals surface area contributed by atoms with E-state index in [-0.39, 0.29) is 10.8 Å². The van der Waals surface area contributed by atoms with E-state index in [9.17, 15) is 5.26 Å². The summed E-state index contributed by atoms with van der Waals surface area (Å²) in [5.41, 5.74) is 5.15. The highest BCUT2D eigenvalue weighted by Gasteiger charge is 2.52. The van der Waals surface area contributed by atoms with E-state index in [4.69, 9.17) is 9.31 Å². The van der Waals surface area contributed by atoms with Crippen LogP contribution in [0.1, 0.15) is 78.5 Å². The van der Waals surface area contributed by atoms with E-state index in [0.717, 1.165) is 17.4 Å². The van der Waals surface area contributed by atoms with Crippen LogP contribution in [-0.4, -0.2) is 23.3 Å². The van der Waals surface area contributed by atoms with Gasteiger partial charge in [-0.25, -0.2) is 0 Å². The highest BCUT2D eigenvalue weighted by atomic mass is 16.7. The van der Waals surface area contributed by atoms with Crippen LogP contribution >= 0.6 is 0 Å². The van der Waals surface area contributed by atoms with Gasteiger partial charge < -0.3 is 9.31 Å². The number of pyridine rings is 1. The minimum atomic E-state index is -0.525. The second-order valence-electron chi connectivity index (χ2n) is 11.1. The van der Waals surface area contributed by atoms with Crippen LogP contribution in [0, 0.1) is 11.3 Å². The molecule has 30 heavy (non-hydrogen) atoms. The van der Waals surface area contributed by atoms with Gasteiger partial charge in [-0.3, -0.25) is 4.98 Å². The van der Waals surface area contributed by atoms with Gasteiger partial charge in [0.15, 0.2) is 0 Å². The lowest BCUT2D eigenvalue weighted by atomic mass is 9.79. The lowest BCUT2D eigenvalue weighted by molar-refractivity contribution is 0.00578. The van der Waals surface area contributed by atoms with E-state index in [1.165, 1.54) is 11.1 Å². The molecular formula is C25H31BN2O2. The van der Waals surface area contributed by atoms with E-state index in [1.807, 2.05) is 33.8 Å². The molecule has 1 fully saturated rings. The number of hydrogen-bond donors (Lipinski definition) is 0. The van der Waals surface area contributed by atoms with E-state index in [0.29, 0.717) is 11.3 Å². The van der Waals surface area contributed by atoms with Crippen molar-refractivity contribution in [1.29, 1.82) is 5.26 Å². The lowest BCUT2D eigenvalue weighted by Gasteiger charge is -2.32. The van der Waals surface area contributed by atoms with Gasteiger partial charge in [0.25, 0.3) is 0 Å². The van der Waals surface area contributed by atoms with E-state index in [1.54, 1.807) is 6.20 Å². The number of nitriles is 1. The predicted octanol–water partition coefficient (Wildman–Crippen LogP) is 4.88. The Bertz CT molecular complexity index is 1050. The van der Waals surface area contributed by atoms with Gasteiger partial charge in [0.1, 0.15) is 6.07 Å². The molecule has 0 saturated carbocycles. The van der Waals surface area contributed by atoms with Crippen LogP contribution in [-0.2, 0) is 20.1 Å². The fourth-order valence-corrected chi connectivity index (χ4v) is 5.04. The first kappa shape index (κ1) is 21.1. The van der Waals surface area contributed by atoms with Gasteiger partial charge in [0.05, 0.1) is 22.5 Å². The van der Waals surface area contributed by atoms with Gasteiger partial charge in [-0.05, 0) is 68.2 Å². The Morgan fingerprint density at radius 3 is 2.10 bits per heavy atom. The van der Waals surface area contributed by atoms with Crippen molar-refractivity contribution in [2.75, 3.05) is 0 Å². The average molecular weight is 402 g/mol. The standard InChI is InChI=1S/C25H31BN2O2/c1-22(2)15-23(3,4)20-12-16(9-10-19(20)22)21-17(13-27)11-18(14-28-21)26-29-24(5,6)25(7,8)30-26/h9-12,14H,15H2,1-8H3. The van der Waals surface area contributed by atoms with Crippen molar-refractivity contribution in [2.45, 2.75) is 83.8 Å². The molecule has 1 aromatic heterocycles. The molecule has 1 aliphatic heterocycles. The average Bonchev–Trinajstić information content (AvgIpc) is 2.98. The molecule has 2 aromatic rings. The first-order chi connectivity index (χ1) is 13.8. The van der Waals surface area contributed by atoms with Crippen LogP contribution in [0.3, 0.4) is 0 Å². The Morgan fingerprint density at radius 1 is 0.900 bits per heavy atom. The fraction of sp³-hybridized carbons (Fsp3) is 0.520. The summed E-state index contributed by atoms with van der Waals surface area (Å²) in [5.74, 6) is 0. The number of benzene rings is 1. The fourth-order valence-electron chi connectivity index (χ4n) is 5.04. The minimum Gasteiger partial charge on any atom is -0.399 e. The Balaban J connectivity index is 1.74. The first-order valence-corrected chi connectivity index (χ1v) is 10.7. The molecule has 2 heterocycles. The van der Waals surface area contributed by atoms with Crippen molar-refractivity contribution in [3.05, 3.63) is 47.2 Å². The summed E-state index contributed by atoms with van der Waals surface area (Å²) in [6.07, 6.45) is 2.89. The van der Waals surface area contributed by atoms with Crippen molar-refractivity contribution in [3.8, 4) is 17.3 Å². The predicted molar refractivity (Wildman–Crippen MR) is 121 cm³/mol. The molecule has 4 nitrogen and oxygen atoms in total. The Hall–Kier alpha value is -2.16. The number of hydrogen-bond acceptors (Lipinski definition) is 4. The maximum atomic E-state index is 9.86. The van der Waals surface area contributed by atoms with Crippen molar-refractivity contribution in [1.82, 2.24) is 4.98 Å². The molecule has 5 heteroatoms. The van der Waals surface area contributed by atoms with E-state index >= 15 is 0 Å². The van der Waals surface area contributed by atoms with Gasteiger partial charge in [-0.15, -0.1) is 0 Å². The molecule has 156 valence electrons. The summed E-state index contributed by atoms with van der Waals surface area (Å²) in [4.78, 5) is 4.69. The van der Waals surface area contributed by atoms with Crippen molar-refractivity contribution < 1.29 is 9.31 Å². The van der Waals surface area contributed by atoms with Crippen molar-refractivity contribution in [3.63, 3.8) is 0 Å². The summed E-state index contributed by atoms with van der Waals surface area (Å²) in [6, 6.07) is 10.7. The zero-order valence-corrected chi connectivity index (χ0v) is 19.4. The molecule has 1 aromatic carbocycles. The number of fused-ring (bicyclic) bond motifs is 1. The summed E-state index contributed by atoms with van der Waals surface area (Å²) >= 11 is 0. The summed E-state index contributed by atoms with van der Waals surface area (Å²) in [7, 11) is -0.525. The summed E-state index contributed by atoms with van der Waals surface area (Å²) < 4.78 is 12.3. The molecule has 0 spiro atoms. The number of aromatic nitrogens is 1. The number of rotatable bonds is 2. The first-order valence-electron chi connectivity index (χ1n) is 10.7. The monoisotopic (exact) mass is 402 g/mol. The third-order valence-electron chi connectivity index (χ3n) is 7.19. The zero-order chi connectivity index (χ0) is 22.1. The number of nitrogens with zero attached hydrogens (tertiary/aromatic N) is 2. The van der Waals surface area contributed by atoms with Crippen LogP contribution < -0.4 is 5.46 Å². The molecule has 0 amide bonds. The molecule has 1 aliphatic carbocycles. The largest absolute Gasteiger partial charge is 0.496 e.